The monoisotopic (exact) mass is 557 g/mol. The van der Waals surface area contributed by atoms with Gasteiger partial charge in [0.1, 0.15) is 0 Å². The van der Waals surface area contributed by atoms with Crippen LogP contribution in [0.1, 0.15) is 29.7 Å². The van der Waals surface area contributed by atoms with Gasteiger partial charge in [0.05, 0.1) is 20.5 Å². The first kappa shape index (κ1) is 22.2. The van der Waals surface area contributed by atoms with Gasteiger partial charge >= 0.3 is 0 Å². The van der Waals surface area contributed by atoms with E-state index in [1.54, 1.807) is 11.3 Å². The summed E-state index contributed by atoms with van der Waals surface area (Å²) in [6.45, 7) is 2.41. The van der Waals surface area contributed by atoms with E-state index in [-0.39, 0.29) is 15.9 Å². The minimum Gasteiger partial charge on any atom is -0.296 e. The maximum absolute atomic E-state index is 6.70. The molecule has 186 valence electrons. The maximum atomic E-state index is 6.70. The van der Waals surface area contributed by atoms with E-state index in [0.29, 0.717) is 0 Å². The molecule has 0 amide bonds. The fourth-order valence-corrected chi connectivity index (χ4v) is 9.73. The van der Waals surface area contributed by atoms with Crippen molar-refractivity contribution >= 4 is 65.9 Å². The molecule has 3 aromatic heterocycles. The zero-order chi connectivity index (χ0) is 25.9. The molecule has 0 bridgehead atoms. The van der Waals surface area contributed by atoms with Crippen LogP contribution in [0.3, 0.4) is 0 Å². The van der Waals surface area contributed by atoms with Crippen molar-refractivity contribution in [3.05, 3.63) is 119 Å². The summed E-state index contributed by atoms with van der Waals surface area (Å²) in [6.07, 6.45) is 0. The average molecular weight is 558 g/mol. The summed E-state index contributed by atoms with van der Waals surface area (Å²) in [4.78, 5) is 11.0. The van der Waals surface area contributed by atoms with Crippen molar-refractivity contribution in [3.8, 4) is 16.9 Å². The number of para-hydroxylation sites is 1. The van der Waals surface area contributed by atoms with Crippen LogP contribution < -0.4 is 0 Å². The fourth-order valence-electron chi connectivity index (χ4n) is 6.89. The predicted molar refractivity (Wildman–Crippen MR) is 164 cm³/mol. The van der Waals surface area contributed by atoms with Crippen LogP contribution in [0.2, 0.25) is 5.28 Å². The molecule has 4 heterocycles. The molecule has 0 spiro atoms. The smallest absolute Gasteiger partial charge is 0.225 e. The lowest BCUT2D eigenvalue weighted by Gasteiger charge is -2.38. The highest BCUT2D eigenvalue weighted by molar-refractivity contribution is 8.00. The molecule has 6 heteroatoms. The molecule has 9 rings (SSSR count). The van der Waals surface area contributed by atoms with E-state index < -0.39 is 0 Å². The van der Waals surface area contributed by atoms with Gasteiger partial charge in [-0.05, 0) is 53.4 Å². The summed E-state index contributed by atoms with van der Waals surface area (Å²) < 4.78 is 4.49. The lowest BCUT2D eigenvalue weighted by atomic mass is 9.71. The van der Waals surface area contributed by atoms with Crippen LogP contribution in [-0.2, 0) is 4.75 Å². The Morgan fingerprint density at radius 1 is 0.821 bits per heavy atom. The van der Waals surface area contributed by atoms with E-state index in [1.807, 2.05) is 11.8 Å². The third kappa shape index (κ3) is 2.80. The topological polar surface area (TPSA) is 30.7 Å². The van der Waals surface area contributed by atoms with Gasteiger partial charge in [0.2, 0.25) is 5.28 Å². The average Bonchev–Trinajstić information content (AvgIpc) is 3.60. The molecule has 2 unspecified atom stereocenters. The molecule has 4 aromatic carbocycles. The van der Waals surface area contributed by atoms with Crippen LogP contribution in [-0.4, -0.2) is 14.5 Å². The Bertz CT molecular complexity index is 2160. The lowest BCUT2D eigenvalue weighted by molar-refractivity contribution is 0.583. The van der Waals surface area contributed by atoms with Crippen molar-refractivity contribution in [2.75, 3.05) is 0 Å². The molecule has 3 nitrogen and oxygen atoms in total. The van der Waals surface area contributed by atoms with Crippen molar-refractivity contribution in [2.45, 2.75) is 22.5 Å². The van der Waals surface area contributed by atoms with Gasteiger partial charge < -0.3 is 0 Å². The predicted octanol–water partition coefficient (Wildman–Crippen LogP) is 9.58. The lowest BCUT2D eigenvalue weighted by Crippen LogP contribution is -2.30. The van der Waals surface area contributed by atoms with E-state index in [0.717, 1.165) is 26.9 Å². The second kappa shape index (κ2) is 7.72. The number of aromatic nitrogens is 3. The molecule has 1 aliphatic carbocycles. The van der Waals surface area contributed by atoms with Gasteiger partial charge in [0, 0.05) is 37.5 Å². The SMILES string of the molecule is CC12Sc3ccccc3C1c1c(c3ccccc3n1-c1nc(Cl)nc3c1sc1ccccc13)-c1ccccc12. The van der Waals surface area contributed by atoms with Crippen LogP contribution in [0.4, 0.5) is 0 Å². The van der Waals surface area contributed by atoms with Gasteiger partial charge in [-0.15, -0.1) is 23.1 Å². The normalized spacial score (nSPS) is 19.3. The van der Waals surface area contributed by atoms with Gasteiger partial charge in [-0.2, -0.15) is 4.98 Å². The standard InChI is InChI=1S/C33H20ClN3S2/c1-33-22-14-6-2-10-18(22)26-19-11-3-7-15-23(19)37(29(26)27(33)20-12-4-9-17-25(20)39-33)31-30-28(35-32(34)36-31)21-13-5-8-16-24(21)38-30/h2-17,27H,1H3. The largest absolute Gasteiger partial charge is 0.296 e. The van der Waals surface area contributed by atoms with Gasteiger partial charge in [0.15, 0.2) is 5.82 Å². The Kier molecular flexibility index (Phi) is 4.40. The highest BCUT2D eigenvalue weighted by atomic mass is 35.5. The highest BCUT2D eigenvalue weighted by Crippen LogP contribution is 2.67. The molecular weight excluding hydrogens is 538 g/mol. The van der Waals surface area contributed by atoms with E-state index in [9.17, 15) is 0 Å². The van der Waals surface area contributed by atoms with Crippen molar-refractivity contribution in [2.24, 2.45) is 0 Å². The van der Waals surface area contributed by atoms with E-state index in [1.165, 1.54) is 42.9 Å². The van der Waals surface area contributed by atoms with Crippen LogP contribution >= 0.6 is 34.7 Å². The number of rotatable bonds is 1. The second-order valence-corrected chi connectivity index (χ2v) is 13.3. The first-order chi connectivity index (χ1) is 19.1. The third-order valence-corrected chi connectivity index (χ3v) is 11.2. The Hall–Kier alpha value is -3.64. The van der Waals surface area contributed by atoms with Gasteiger partial charge in [-0.1, -0.05) is 78.9 Å². The number of thiophene rings is 1. The fraction of sp³-hybridized carbons (Fsp3) is 0.0909. The van der Waals surface area contributed by atoms with E-state index in [4.69, 9.17) is 21.6 Å². The first-order valence-electron chi connectivity index (χ1n) is 13.0. The van der Waals surface area contributed by atoms with Crippen LogP contribution in [0, 0.1) is 0 Å². The Labute approximate surface area is 238 Å². The second-order valence-electron chi connectivity index (χ2n) is 10.4. The summed E-state index contributed by atoms with van der Waals surface area (Å²) in [6, 6.07) is 35.0. The minimum absolute atomic E-state index is 0.147. The molecule has 39 heavy (non-hydrogen) atoms. The highest BCUT2D eigenvalue weighted by Gasteiger charge is 2.52. The van der Waals surface area contributed by atoms with Gasteiger partial charge in [-0.3, -0.25) is 4.57 Å². The summed E-state index contributed by atoms with van der Waals surface area (Å²) in [5.41, 5.74) is 8.70. The van der Waals surface area contributed by atoms with E-state index >= 15 is 0 Å². The van der Waals surface area contributed by atoms with Crippen molar-refractivity contribution in [1.82, 2.24) is 14.5 Å². The van der Waals surface area contributed by atoms with Crippen LogP contribution in [0.5, 0.6) is 0 Å². The van der Waals surface area contributed by atoms with Crippen LogP contribution in [0.15, 0.2) is 102 Å². The molecule has 0 N–H and O–H groups in total. The molecule has 0 radical (unpaired) electrons. The molecule has 2 atom stereocenters. The summed E-state index contributed by atoms with van der Waals surface area (Å²) in [7, 11) is 0. The van der Waals surface area contributed by atoms with Gasteiger partial charge in [-0.25, -0.2) is 4.98 Å². The Morgan fingerprint density at radius 3 is 2.49 bits per heavy atom. The Morgan fingerprint density at radius 2 is 1.56 bits per heavy atom. The Balaban J connectivity index is 1.50. The molecular formula is C33H20ClN3S2. The van der Waals surface area contributed by atoms with Crippen molar-refractivity contribution < 1.29 is 0 Å². The van der Waals surface area contributed by atoms with Crippen molar-refractivity contribution in [3.63, 3.8) is 0 Å². The molecule has 0 saturated carbocycles. The number of thioether (sulfide) groups is 1. The van der Waals surface area contributed by atoms with Crippen molar-refractivity contribution in [1.29, 1.82) is 0 Å². The number of benzene rings is 4. The first-order valence-corrected chi connectivity index (χ1v) is 15.0. The third-order valence-electron chi connectivity index (χ3n) is 8.41. The molecule has 0 fully saturated rings. The molecule has 0 saturated heterocycles. The van der Waals surface area contributed by atoms with Gasteiger partial charge in [0.25, 0.3) is 0 Å². The summed E-state index contributed by atoms with van der Waals surface area (Å²) in [5, 5.41) is 2.62. The minimum atomic E-state index is -0.157. The number of fused-ring (bicyclic) bond motifs is 13. The number of halogens is 1. The number of hydrogen-bond acceptors (Lipinski definition) is 4. The molecule has 2 aliphatic rings. The molecule has 7 aromatic rings. The zero-order valence-electron chi connectivity index (χ0n) is 20.9. The summed E-state index contributed by atoms with van der Waals surface area (Å²) >= 11 is 10.4. The summed E-state index contributed by atoms with van der Waals surface area (Å²) in [5.74, 6) is 1.01. The van der Waals surface area contributed by atoms with Crippen LogP contribution in [0.25, 0.3) is 48.2 Å². The quantitative estimate of drug-likeness (QED) is 0.188. The number of hydrogen-bond donors (Lipinski definition) is 0. The number of nitrogens with zero attached hydrogens (tertiary/aromatic N) is 3. The van der Waals surface area contributed by atoms with E-state index in [2.05, 4.69) is 109 Å². The molecule has 1 aliphatic heterocycles. The maximum Gasteiger partial charge on any atom is 0.225 e. The zero-order valence-corrected chi connectivity index (χ0v) is 23.2.